The van der Waals surface area contributed by atoms with Gasteiger partial charge in [-0.15, -0.1) is 0 Å². The minimum Gasteiger partial charge on any atom is -0.299 e. The van der Waals surface area contributed by atoms with Crippen LogP contribution in [-0.4, -0.2) is 5.78 Å². The van der Waals surface area contributed by atoms with Gasteiger partial charge in [0.15, 0.2) is 0 Å². The van der Waals surface area contributed by atoms with Crippen LogP contribution in [0.3, 0.4) is 0 Å². The Kier molecular flexibility index (Phi) is 2.40. The lowest BCUT2D eigenvalue weighted by atomic mass is 10.0. The number of hydrogen-bond donors (Lipinski definition) is 0. The summed E-state index contributed by atoms with van der Waals surface area (Å²) in [6.07, 6.45) is 2.86. The van der Waals surface area contributed by atoms with Gasteiger partial charge in [0.1, 0.15) is 5.78 Å². The number of aryl methyl sites for hydroxylation is 2. The second kappa shape index (κ2) is 3.56. The minimum absolute atomic E-state index is 0.386. The van der Waals surface area contributed by atoms with Gasteiger partial charge < -0.3 is 0 Å². The molecule has 0 aromatic heterocycles. The molecule has 1 saturated carbocycles. The van der Waals surface area contributed by atoms with Gasteiger partial charge in [-0.1, -0.05) is 18.2 Å². The highest BCUT2D eigenvalue weighted by molar-refractivity contribution is 5.85. The van der Waals surface area contributed by atoms with Gasteiger partial charge in [-0.05, 0) is 43.4 Å². The Hall–Kier alpha value is -1.11. The van der Waals surface area contributed by atoms with Crippen LogP contribution in [-0.2, 0) is 11.2 Å². The number of rotatable bonds is 3. The van der Waals surface area contributed by atoms with Crippen LogP contribution in [0.4, 0.5) is 0 Å². The molecule has 0 atom stereocenters. The van der Waals surface area contributed by atoms with E-state index in [4.69, 9.17) is 0 Å². The van der Waals surface area contributed by atoms with Crippen molar-refractivity contribution in [2.75, 3.05) is 0 Å². The van der Waals surface area contributed by atoms with E-state index in [2.05, 4.69) is 32.0 Å². The predicted octanol–water partition coefficient (Wildman–Crippen LogP) is 2.83. The minimum atomic E-state index is 0.386. The van der Waals surface area contributed by atoms with Gasteiger partial charge in [-0.2, -0.15) is 0 Å². The molecular formula is C13H16O. The summed E-state index contributed by atoms with van der Waals surface area (Å²) in [5.41, 5.74) is 3.75. The first kappa shape index (κ1) is 9.45. The summed E-state index contributed by atoms with van der Waals surface area (Å²) in [6.45, 7) is 4.20. The summed E-state index contributed by atoms with van der Waals surface area (Å²) in [5, 5.41) is 0. The highest BCUT2D eigenvalue weighted by Gasteiger charge is 2.28. The van der Waals surface area contributed by atoms with Crippen molar-refractivity contribution in [3.8, 4) is 0 Å². The Morgan fingerprint density at radius 3 is 2.57 bits per heavy atom. The van der Waals surface area contributed by atoms with Crippen molar-refractivity contribution in [2.24, 2.45) is 5.92 Å². The van der Waals surface area contributed by atoms with Gasteiger partial charge in [0.05, 0.1) is 0 Å². The van der Waals surface area contributed by atoms with Crippen LogP contribution in [0.25, 0.3) is 0 Å². The number of Topliss-reactive ketones (excluding diaryl/α,β-unsaturated/α-hetero) is 1. The molecule has 74 valence electrons. The van der Waals surface area contributed by atoms with Gasteiger partial charge >= 0.3 is 0 Å². The zero-order valence-corrected chi connectivity index (χ0v) is 8.84. The van der Waals surface area contributed by atoms with Crippen LogP contribution in [0, 0.1) is 19.8 Å². The lowest BCUT2D eigenvalue weighted by Crippen LogP contribution is -2.04. The monoisotopic (exact) mass is 188 g/mol. The highest BCUT2D eigenvalue weighted by atomic mass is 16.1. The largest absolute Gasteiger partial charge is 0.299 e. The van der Waals surface area contributed by atoms with Crippen LogP contribution < -0.4 is 0 Å². The van der Waals surface area contributed by atoms with Crippen molar-refractivity contribution in [1.29, 1.82) is 0 Å². The fourth-order valence-electron chi connectivity index (χ4n) is 1.66. The molecule has 14 heavy (non-hydrogen) atoms. The molecule has 1 aromatic carbocycles. The van der Waals surface area contributed by atoms with E-state index >= 15 is 0 Å². The molecule has 1 fully saturated rings. The Morgan fingerprint density at radius 2 is 2.00 bits per heavy atom. The van der Waals surface area contributed by atoms with Gasteiger partial charge in [0.2, 0.25) is 0 Å². The third-order valence-corrected chi connectivity index (χ3v) is 2.98. The van der Waals surface area contributed by atoms with E-state index in [0.717, 1.165) is 12.8 Å². The standard InChI is InChI=1S/C13H16O/c1-9-3-4-11(7-10(9)2)8-13(14)12-5-6-12/h3-4,7,12H,5-6,8H2,1-2H3. The van der Waals surface area contributed by atoms with Crippen LogP contribution >= 0.6 is 0 Å². The van der Waals surface area contributed by atoms with Crippen LogP contribution in [0.1, 0.15) is 29.5 Å². The van der Waals surface area contributed by atoms with E-state index in [-0.39, 0.29) is 0 Å². The second-order valence-corrected chi connectivity index (χ2v) is 4.34. The van der Waals surface area contributed by atoms with Crippen molar-refractivity contribution >= 4 is 5.78 Å². The maximum absolute atomic E-state index is 11.6. The quantitative estimate of drug-likeness (QED) is 0.713. The van der Waals surface area contributed by atoms with Crippen molar-refractivity contribution in [2.45, 2.75) is 33.1 Å². The molecule has 1 aliphatic carbocycles. The van der Waals surface area contributed by atoms with Crippen LogP contribution in [0.5, 0.6) is 0 Å². The lowest BCUT2D eigenvalue weighted by molar-refractivity contribution is -0.119. The van der Waals surface area contributed by atoms with E-state index < -0.39 is 0 Å². The molecule has 0 spiro atoms. The van der Waals surface area contributed by atoms with E-state index in [0.29, 0.717) is 18.1 Å². The summed E-state index contributed by atoms with van der Waals surface area (Å²) < 4.78 is 0. The Bertz CT molecular complexity index is 361. The smallest absolute Gasteiger partial charge is 0.140 e. The topological polar surface area (TPSA) is 17.1 Å². The maximum Gasteiger partial charge on any atom is 0.140 e. The average molecular weight is 188 g/mol. The van der Waals surface area contributed by atoms with Gasteiger partial charge in [0, 0.05) is 12.3 Å². The first-order valence-corrected chi connectivity index (χ1v) is 5.25. The van der Waals surface area contributed by atoms with Gasteiger partial charge in [-0.25, -0.2) is 0 Å². The Labute approximate surface area is 85.1 Å². The number of hydrogen-bond acceptors (Lipinski definition) is 1. The molecule has 2 rings (SSSR count). The molecular weight excluding hydrogens is 172 g/mol. The number of benzene rings is 1. The molecule has 1 heteroatoms. The third-order valence-electron chi connectivity index (χ3n) is 2.98. The summed E-state index contributed by atoms with van der Waals surface area (Å²) in [4.78, 5) is 11.6. The van der Waals surface area contributed by atoms with Crippen molar-refractivity contribution in [1.82, 2.24) is 0 Å². The number of carbonyl (C=O) groups excluding carboxylic acids is 1. The molecule has 0 amide bonds. The Balaban J connectivity index is 2.08. The Morgan fingerprint density at radius 1 is 1.29 bits per heavy atom. The van der Waals surface area contributed by atoms with Crippen molar-refractivity contribution in [3.63, 3.8) is 0 Å². The molecule has 1 nitrogen and oxygen atoms in total. The van der Waals surface area contributed by atoms with Crippen LogP contribution in [0.2, 0.25) is 0 Å². The fraction of sp³-hybridized carbons (Fsp3) is 0.462. The van der Waals surface area contributed by atoms with Crippen molar-refractivity contribution < 1.29 is 4.79 Å². The van der Waals surface area contributed by atoms with E-state index in [1.807, 2.05) is 0 Å². The normalized spacial score (nSPS) is 15.6. The first-order valence-electron chi connectivity index (χ1n) is 5.25. The summed E-state index contributed by atoms with van der Waals surface area (Å²) in [7, 11) is 0. The van der Waals surface area contributed by atoms with E-state index in [1.54, 1.807) is 0 Å². The molecule has 0 bridgehead atoms. The molecule has 0 N–H and O–H groups in total. The molecule has 0 heterocycles. The molecule has 0 saturated heterocycles. The zero-order chi connectivity index (χ0) is 10.1. The zero-order valence-electron chi connectivity index (χ0n) is 8.84. The summed E-state index contributed by atoms with van der Waals surface area (Å²) in [6, 6.07) is 6.31. The van der Waals surface area contributed by atoms with Gasteiger partial charge in [0.25, 0.3) is 0 Å². The van der Waals surface area contributed by atoms with E-state index in [9.17, 15) is 4.79 Å². The lowest BCUT2D eigenvalue weighted by Gasteiger charge is -2.04. The van der Waals surface area contributed by atoms with Crippen molar-refractivity contribution in [3.05, 3.63) is 34.9 Å². The SMILES string of the molecule is Cc1ccc(CC(=O)C2CC2)cc1C. The molecule has 0 aliphatic heterocycles. The highest BCUT2D eigenvalue weighted by Crippen LogP contribution is 2.31. The predicted molar refractivity (Wildman–Crippen MR) is 57.4 cm³/mol. The fourth-order valence-corrected chi connectivity index (χ4v) is 1.66. The second-order valence-electron chi connectivity index (χ2n) is 4.34. The number of ketones is 1. The first-order chi connectivity index (χ1) is 6.66. The van der Waals surface area contributed by atoms with Crippen LogP contribution in [0.15, 0.2) is 18.2 Å². The third kappa shape index (κ3) is 2.03. The molecule has 0 radical (unpaired) electrons. The summed E-state index contributed by atoms with van der Waals surface area (Å²) >= 11 is 0. The van der Waals surface area contributed by atoms with E-state index in [1.165, 1.54) is 16.7 Å². The molecule has 1 aromatic rings. The molecule has 1 aliphatic rings. The summed E-state index contributed by atoms with van der Waals surface area (Å²) in [5.74, 6) is 0.810. The maximum atomic E-state index is 11.6. The molecule has 0 unspecified atom stereocenters. The number of carbonyl (C=O) groups is 1. The average Bonchev–Trinajstić information content (AvgIpc) is 2.94. The van der Waals surface area contributed by atoms with Gasteiger partial charge in [-0.3, -0.25) is 4.79 Å².